The van der Waals surface area contributed by atoms with Gasteiger partial charge in [0, 0.05) is 5.39 Å². The van der Waals surface area contributed by atoms with Gasteiger partial charge in [-0.15, -0.1) is 0 Å². The molecule has 62 valence electrons. The van der Waals surface area contributed by atoms with Gasteiger partial charge in [-0.05, 0) is 23.6 Å². The highest BCUT2D eigenvalue weighted by molar-refractivity contribution is 5.77. The molecular formula is C10H11NO. The fraction of sp³-hybridized carbons (Fsp3) is 0.300. The van der Waals surface area contributed by atoms with Gasteiger partial charge in [-0.1, -0.05) is 25.1 Å². The minimum Gasteiger partial charge on any atom is -0.364 e. The standard InChI is InChI=1S/C10H11NO/c1-7(2)8-3-4-9-6-12-11-10(9)5-8/h3-7H,1-2H3. The molecule has 0 bridgehead atoms. The Kier molecular flexibility index (Phi) is 1.61. The summed E-state index contributed by atoms with van der Waals surface area (Å²) in [5.41, 5.74) is 2.25. The number of aromatic nitrogens is 1. The summed E-state index contributed by atoms with van der Waals surface area (Å²) in [6.45, 7) is 4.34. The normalized spacial score (nSPS) is 11.2. The van der Waals surface area contributed by atoms with Crippen LogP contribution in [0.4, 0.5) is 0 Å². The van der Waals surface area contributed by atoms with Crippen LogP contribution in [0.3, 0.4) is 0 Å². The first-order valence-electron chi connectivity index (χ1n) is 4.11. The molecule has 2 aromatic rings. The van der Waals surface area contributed by atoms with Crippen molar-refractivity contribution in [2.75, 3.05) is 0 Å². The van der Waals surface area contributed by atoms with Crippen molar-refractivity contribution >= 4 is 10.9 Å². The largest absolute Gasteiger partial charge is 0.364 e. The van der Waals surface area contributed by atoms with Crippen molar-refractivity contribution in [1.82, 2.24) is 5.16 Å². The molecule has 0 saturated carbocycles. The van der Waals surface area contributed by atoms with Crippen molar-refractivity contribution in [1.29, 1.82) is 0 Å². The minimum atomic E-state index is 0.547. The van der Waals surface area contributed by atoms with Gasteiger partial charge in [0.25, 0.3) is 0 Å². The van der Waals surface area contributed by atoms with Crippen LogP contribution in [0.5, 0.6) is 0 Å². The fourth-order valence-corrected chi connectivity index (χ4v) is 1.24. The maximum Gasteiger partial charge on any atom is 0.131 e. The van der Waals surface area contributed by atoms with E-state index in [1.165, 1.54) is 5.56 Å². The molecule has 0 radical (unpaired) electrons. The van der Waals surface area contributed by atoms with Gasteiger partial charge in [0.15, 0.2) is 0 Å². The third-order valence-electron chi connectivity index (χ3n) is 2.05. The van der Waals surface area contributed by atoms with Gasteiger partial charge in [0.05, 0.1) is 0 Å². The summed E-state index contributed by atoms with van der Waals surface area (Å²) in [4.78, 5) is 0. The van der Waals surface area contributed by atoms with E-state index in [4.69, 9.17) is 4.52 Å². The van der Waals surface area contributed by atoms with Gasteiger partial charge in [-0.25, -0.2) is 0 Å². The number of benzene rings is 1. The van der Waals surface area contributed by atoms with Gasteiger partial charge in [-0.3, -0.25) is 0 Å². The Bertz CT molecular complexity index is 389. The van der Waals surface area contributed by atoms with Crippen LogP contribution in [0.2, 0.25) is 0 Å². The molecule has 0 N–H and O–H groups in total. The van der Waals surface area contributed by atoms with Crippen LogP contribution < -0.4 is 0 Å². The molecule has 1 aromatic carbocycles. The summed E-state index contributed by atoms with van der Waals surface area (Å²) < 4.78 is 4.85. The molecule has 0 saturated heterocycles. The lowest BCUT2D eigenvalue weighted by molar-refractivity contribution is 0.428. The average Bonchev–Trinajstić information content (AvgIpc) is 2.49. The van der Waals surface area contributed by atoms with Gasteiger partial charge < -0.3 is 4.52 Å². The molecule has 2 rings (SSSR count). The second-order valence-electron chi connectivity index (χ2n) is 3.29. The van der Waals surface area contributed by atoms with Crippen molar-refractivity contribution < 1.29 is 4.52 Å². The van der Waals surface area contributed by atoms with E-state index in [1.807, 2.05) is 6.07 Å². The van der Waals surface area contributed by atoms with Crippen LogP contribution in [0.1, 0.15) is 25.3 Å². The molecule has 0 aliphatic rings. The number of hydrogen-bond acceptors (Lipinski definition) is 2. The maximum absolute atomic E-state index is 4.85. The second kappa shape index (κ2) is 2.63. The Morgan fingerprint density at radius 1 is 1.33 bits per heavy atom. The quantitative estimate of drug-likeness (QED) is 0.642. The molecule has 0 unspecified atom stereocenters. The average molecular weight is 161 g/mol. The van der Waals surface area contributed by atoms with Crippen molar-refractivity contribution in [3.05, 3.63) is 30.0 Å². The number of rotatable bonds is 1. The zero-order valence-electron chi connectivity index (χ0n) is 7.24. The summed E-state index contributed by atoms with van der Waals surface area (Å²) >= 11 is 0. The van der Waals surface area contributed by atoms with Crippen molar-refractivity contribution in [2.24, 2.45) is 0 Å². The SMILES string of the molecule is CC(C)c1ccc2conc2c1. The smallest absolute Gasteiger partial charge is 0.131 e. The topological polar surface area (TPSA) is 26.0 Å². The predicted octanol–water partition coefficient (Wildman–Crippen LogP) is 2.95. The maximum atomic E-state index is 4.85. The van der Waals surface area contributed by atoms with E-state index in [0.717, 1.165) is 10.9 Å². The second-order valence-corrected chi connectivity index (χ2v) is 3.29. The first kappa shape index (κ1) is 7.35. The number of nitrogens with zero attached hydrogens (tertiary/aromatic N) is 1. The van der Waals surface area contributed by atoms with Crippen molar-refractivity contribution in [3.63, 3.8) is 0 Å². The fourth-order valence-electron chi connectivity index (χ4n) is 1.24. The third-order valence-corrected chi connectivity index (χ3v) is 2.05. The molecule has 12 heavy (non-hydrogen) atoms. The van der Waals surface area contributed by atoms with Gasteiger partial charge in [-0.2, -0.15) is 0 Å². The first-order chi connectivity index (χ1) is 5.77. The van der Waals surface area contributed by atoms with Gasteiger partial charge in [0.2, 0.25) is 0 Å². The molecule has 0 fully saturated rings. The summed E-state index contributed by atoms with van der Waals surface area (Å²) in [6, 6.07) is 6.23. The number of fused-ring (bicyclic) bond motifs is 1. The summed E-state index contributed by atoms with van der Waals surface area (Å²) in [7, 11) is 0. The van der Waals surface area contributed by atoms with Crippen LogP contribution in [0.15, 0.2) is 29.0 Å². The van der Waals surface area contributed by atoms with E-state index in [1.54, 1.807) is 6.26 Å². The lowest BCUT2D eigenvalue weighted by Gasteiger charge is -2.02. The molecule has 0 atom stereocenters. The Balaban J connectivity index is 2.60. The van der Waals surface area contributed by atoms with Crippen molar-refractivity contribution in [2.45, 2.75) is 19.8 Å². The highest BCUT2D eigenvalue weighted by Crippen LogP contribution is 2.19. The lowest BCUT2D eigenvalue weighted by atomic mass is 10.0. The van der Waals surface area contributed by atoms with Crippen LogP contribution in [0, 0.1) is 0 Å². The molecule has 1 heterocycles. The van der Waals surface area contributed by atoms with Gasteiger partial charge >= 0.3 is 0 Å². The zero-order valence-corrected chi connectivity index (χ0v) is 7.24. The summed E-state index contributed by atoms with van der Waals surface area (Å²) in [6.07, 6.45) is 1.67. The number of hydrogen-bond donors (Lipinski definition) is 0. The van der Waals surface area contributed by atoms with E-state index < -0.39 is 0 Å². The zero-order chi connectivity index (χ0) is 8.55. The first-order valence-corrected chi connectivity index (χ1v) is 4.11. The van der Waals surface area contributed by atoms with Crippen LogP contribution in [0.25, 0.3) is 10.9 Å². The molecule has 2 nitrogen and oxygen atoms in total. The van der Waals surface area contributed by atoms with Crippen LogP contribution in [-0.2, 0) is 0 Å². The summed E-state index contributed by atoms with van der Waals surface area (Å²) in [5.74, 6) is 0.547. The highest BCUT2D eigenvalue weighted by atomic mass is 16.5. The van der Waals surface area contributed by atoms with E-state index in [-0.39, 0.29) is 0 Å². The van der Waals surface area contributed by atoms with E-state index in [9.17, 15) is 0 Å². The Hall–Kier alpha value is -1.31. The molecule has 0 aliphatic heterocycles. The van der Waals surface area contributed by atoms with Crippen LogP contribution >= 0.6 is 0 Å². The highest BCUT2D eigenvalue weighted by Gasteiger charge is 2.02. The Morgan fingerprint density at radius 2 is 2.17 bits per heavy atom. The lowest BCUT2D eigenvalue weighted by Crippen LogP contribution is -1.85. The Labute approximate surface area is 71.2 Å². The van der Waals surface area contributed by atoms with Crippen LogP contribution in [-0.4, -0.2) is 5.16 Å². The molecular weight excluding hydrogens is 150 g/mol. The third kappa shape index (κ3) is 1.09. The van der Waals surface area contributed by atoms with E-state index in [2.05, 4.69) is 31.1 Å². The molecule has 0 aliphatic carbocycles. The molecule has 2 heteroatoms. The monoisotopic (exact) mass is 161 g/mol. The summed E-state index contributed by atoms with van der Waals surface area (Å²) in [5, 5.41) is 4.96. The van der Waals surface area contributed by atoms with Crippen molar-refractivity contribution in [3.8, 4) is 0 Å². The Morgan fingerprint density at radius 3 is 2.92 bits per heavy atom. The molecule has 0 amide bonds. The van der Waals surface area contributed by atoms with Gasteiger partial charge in [0.1, 0.15) is 11.8 Å². The predicted molar refractivity (Wildman–Crippen MR) is 48.1 cm³/mol. The van der Waals surface area contributed by atoms with E-state index >= 15 is 0 Å². The molecule has 0 spiro atoms. The van der Waals surface area contributed by atoms with E-state index in [0.29, 0.717) is 5.92 Å². The molecule has 1 aromatic heterocycles. The minimum absolute atomic E-state index is 0.547.